The van der Waals surface area contributed by atoms with Crippen molar-refractivity contribution in [1.29, 1.82) is 0 Å². The molecule has 0 radical (unpaired) electrons. The molecule has 1 rings (SSSR count). The quantitative estimate of drug-likeness (QED) is 0.811. The lowest BCUT2D eigenvalue weighted by molar-refractivity contribution is 0.0981. The van der Waals surface area contributed by atoms with Crippen molar-refractivity contribution in [3.63, 3.8) is 0 Å². The lowest BCUT2D eigenvalue weighted by atomic mass is 10.1. The van der Waals surface area contributed by atoms with Crippen LogP contribution in [0.3, 0.4) is 0 Å². The normalized spacial score (nSPS) is 10.2. The first-order valence-electron chi connectivity index (χ1n) is 4.34. The molecule has 0 aromatic heterocycles. The van der Waals surface area contributed by atoms with Crippen molar-refractivity contribution in [1.82, 2.24) is 0 Å². The Balaban J connectivity index is 2.84. The van der Waals surface area contributed by atoms with Crippen molar-refractivity contribution in [3.8, 4) is 0 Å². The summed E-state index contributed by atoms with van der Waals surface area (Å²) in [4.78, 5) is 11.6. The zero-order chi connectivity index (χ0) is 10.6. The Morgan fingerprint density at radius 2 is 2.07 bits per heavy atom. The molecule has 4 heteroatoms. The van der Waals surface area contributed by atoms with E-state index in [-0.39, 0.29) is 5.78 Å². The predicted molar refractivity (Wildman–Crippen MR) is 59.1 cm³/mol. The van der Waals surface area contributed by atoms with Gasteiger partial charge in [-0.2, -0.15) is 0 Å². The van der Waals surface area contributed by atoms with E-state index in [1.807, 2.05) is 0 Å². The van der Waals surface area contributed by atoms with Crippen LogP contribution in [0.2, 0.25) is 10.0 Å². The van der Waals surface area contributed by atoms with Gasteiger partial charge in [0.1, 0.15) is 0 Å². The molecule has 0 aliphatic heterocycles. The Morgan fingerprint density at radius 1 is 1.36 bits per heavy atom. The highest BCUT2D eigenvalue weighted by Gasteiger charge is 2.11. The van der Waals surface area contributed by atoms with E-state index in [0.717, 1.165) is 0 Å². The van der Waals surface area contributed by atoms with Crippen molar-refractivity contribution in [2.24, 2.45) is 5.73 Å². The Hall–Kier alpha value is -0.570. The minimum absolute atomic E-state index is 0.0112. The second kappa shape index (κ2) is 5.35. The van der Waals surface area contributed by atoms with Crippen LogP contribution >= 0.6 is 23.2 Å². The van der Waals surface area contributed by atoms with Crippen molar-refractivity contribution in [2.75, 3.05) is 6.54 Å². The van der Waals surface area contributed by atoms with Crippen LogP contribution in [0.1, 0.15) is 23.2 Å². The molecule has 0 spiro atoms. The number of ketones is 1. The van der Waals surface area contributed by atoms with Crippen LogP contribution in [-0.4, -0.2) is 12.3 Å². The van der Waals surface area contributed by atoms with Gasteiger partial charge in [-0.15, -0.1) is 0 Å². The summed E-state index contributed by atoms with van der Waals surface area (Å²) >= 11 is 11.7. The zero-order valence-corrected chi connectivity index (χ0v) is 9.11. The molecule has 0 fully saturated rings. The molecule has 14 heavy (non-hydrogen) atoms. The van der Waals surface area contributed by atoms with Crippen LogP contribution in [0.5, 0.6) is 0 Å². The lowest BCUT2D eigenvalue weighted by Gasteiger charge is -2.03. The number of Topliss-reactive ketones (excluding diaryl/α,β-unsaturated/α-hetero) is 1. The molecule has 2 nitrogen and oxygen atoms in total. The van der Waals surface area contributed by atoms with Gasteiger partial charge in [0.05, 0.1) is 10.0 Å². The third-order valence-corrected chi connectivity index (χ3v) is 2.68. The van der Waals surface area contributed by atoms with E-state index in [9.17, 15) is 4.79 Å². The van der Waals surface area contributed by atoms with E-state index in [1.165, 1.54) is 0 Å². The van der Waals surface area contributed by atoms with Crippen LogP contribution < -0.4 is 5.73 Å². The summed E-state index contributed by atoms with van der Waals surface area (Å²) in [6.45, 7) is 0.504. The monoisotopic (exact) mass is 231 g/mol. The molecular formula is C10H11Cl2NO. The predicted octanol–water partition coefficient (Wildman–Crippen LogP) is 2.92. The number of hydrogen-bond donors (Lipinski definition) is 1. The summed E-state index contributed by atoms with van der Waals surface area (Å²) in [5, 5.41) is 0.737. The third kappa shape index (κ3) is 2.71. The second-order valence-electron chi connectivity index (χ2n) is 2.92. The molecule has 0 saturated carbocycles. The van der Waals surface area contributed by atoms with Crippen LogP contribution in [-0.2, 0) is 0 Å². The van der Waals surface area contributed by atoms with Crippen molar-refractivity contribution < 1.29 is 4.79 Å². The molecule has 0 aliphatic carbocycles. The highest BCUT2D eigenvalue weighted by atomic mass is 35.5. The summed E-state index contributed by atoms with van der Waals surface area (Å²) in [5.41, 5.74) is 5.79. The average molecular weight is 232 g/mol. The molecule has 0 amide bonds. The van der Waals surface area contributed by atoms with Gasteiger partial charge in [-0.05, 0) is 25.1 Å². The van der Waals surface area contributed by atoms with Crippen LogP contribution in [0.25, 0.3) is 0 Å². The number of carbonyl (C=O) groups excluding carboxylic acids is 1. The second-order valence-corrected chi connectivity index (χ2v) is 3.70. The zero-order valence-electron chi connectivity index (χ0n) is 7.59. The molecular weight excluding hydrogens is 221 g/mol. The van der Waals surface area contributed by atoms with Gasteiger partial charge < -0.3 is 5.73 Å². The molecule has 1 aromatic carbocycles. The number of halogens is 2. The molecule has 76 valence electrons. The first-order valence-corrected chi connectivity index (χ1v) is 5.09. The maximum absolute atomic E-state index is 11.6. The summed E-state index contributed by atoms with van der Waals surface area (Å²) in [6, 6.07) is 5.04. The number of benzene rings is 1. The molecule has 0 saturated heterocycles. The molecule has 0 aliphatic rings. The summed E-state index contributed by atoms with van der Waals surface area (Å²) in [6.07, 6.45) is 1.08. The molecule has 0 bridgehead atoms. The SMILES string of the molecule is NCCCC(=O)c1cccc(Cl)c1Cl. The van der Waals surface area contributed by atoms with E-state index in [1.54, 1.807) is 18.2 Å². The van der Waals surface area contributed by atoms with Crippen molar-refractivity contribution in [3.05, 3.63) is 33.8 Å². The Morgan fingerprint density at radius 3 is 2.71 bits per heavy atom. The van der Waals surface area contributed by atoms with Crippen molar-refractivity contribution in [2.45, 2.75) is 12.8 Å². The Bertz CT molecular complexity index is 339. The van der Waals surface area contributed by atoms with E-state index >= 15 is 0 Å². The van der Waals surface area contributed by atoms with E-state index in [4.69, 9.17) is 28.9 Å². The summed E-state index contributed by atoms with van der Waals surface area (Å²) < 4.78 is 0. The maximum Gasteiger partial charge on any atom is 0.164 e. The minimum atomic E-state index is -0.0112. The molecule has 0 heterocycles. The number of nitrogens with two attached hydrogens (primary N) is 1. The van der Waals surface area contributed by atoms with Crippen LogP contribution in [0.15, 0.2) is 18.2 Å². The van der Waals surface area contributed by atoms with Crippen molar-refractivity contribution >= 4 is 29.0 Å². The molecule has 0 atom stereocenters. The number of carbonyl (C=O) groups is 1. The smallest absolute Gasteiger partial charge is 0.164 e. The van der Waals surface area contributed by atoms with Gasteiger partial charge in [0.2, 0.25) is 0 Å². The molecule has 0 unspecified atom stereocenters. The highest BCUT2D eigenvalue weighted by molar-refractivity contribution is 6.43. The van der Waals surface area contributed by atoms with Gasteiger partial charge in [-0.3, -0.25) is 4.79 Å². The summed E-state index contributed by atoms with van der Waals surface area (Å²) in [7, 11) is 0. The number of rotatable bonds is 4. The fraction of sp³-hybridized carbons (Fsp3) is 0.300. The van der Waals surface area contributed by atoms with Gasteiger partial charge in [0.25, 0.3) is 0 Å². The van der Waals surface area contributed by atoms with E-state index in [2.05, 4.69) is 0 Å². The van der Waals surface area contributed by atoms with Crippen LogP contribution in [0, 0.1) is 0 Å². The molecule has 1 aromatic rings. The third-order valence-electron chi connectivity index (χ3n) is 1.86. The fourth-order valence-corrected chi connectivity index (χ4v) is 1.52. The first kappa shape index (κ1) is 11.5. The van der Waals surface area contributed by atoms with Gasteiger partial charge in [-0.25, -0.2) is 0 Å². The Kier molecular flexibility index (Phi) is 4.39. The van der Waals surface area contributed by atoms with Gasteiger partial charge in [0.15, 0.2) is 5.78 Å². The first-order chi connectivity index (χ1) is 6.66. The standard InChI is InChI=1S/C10H11Cl2NO/c11-8-4-1-3-7(10(8)12)9(14)5-2-6-13/h1,3-4H,2,5-6,13H2. The van der Waals surface area contributed by atoms with Gasteiger partial charge >= 0.3 is 0 Å². The fourth-order valence-electron chi connectivity index (χ4n) is 1.12. The van der Waals surface area contributed by atoms with Crippen LogP contribution in [0.4, 0.5) is 0 Å². The summed E-state index contributed by atoms with van der Waals surface area (Å²) in [5.74, 6) is -0.0112. The highest BCUT2D eigenvalue weighted by Crippen LogP contribution is 2.26. The van der Waals surface area contributed by atoms with E-state index in [0.29, 0.717) is 35.0 Å². The van der Waals surface area contributed by atoms with Gasteiger partial charge in [-0.1, -0.05) is 29.3 Å². The number of hydrogen-bond acceptors (Lipinski definition) is 2. The maximum atomic E-state index is 11.6. The Labute approximate surface area is 93.0 Å². The topological polar surface area (TPSA) is 43.1 Å². The largest absolute Gasteiger partial charge is 0.330 e. The van der Waals surface area contributed by atoms with E-state index < -0.39 is 0 Å². The average Bonchev–Trinajstić information content (AvgIpc) is 2.18. The lowest BCUT2D eigenvalue weighted by Crippen LogP contribution is -2.05. The molecule has 2 N–H and O–H groups in total. The van der Waals surface area contributed by atoms with Gasteiger partial charge in [0, 0.05) is 12.0 Å². The minimum Gasteiger partial charge on any atom is -0.330 e.